The molecule has 0 heterocycles. The molecule has 0 aliphatic heterocycles. The average Bonchev–Trinajstić information content (AvgIpc) is 2.33. The summed E-state index contributed by atoms with van der Waals surface area (Å²) >= 11 is 0. The minimum atomic E-state index is -0.915. The molecule has 0 spiro atoms. The molecule has 19 heavy (non-hydrogen) atoms. The van der Waals surface area contributed by atoms with E-state index in [9.17, 15) is 4.79 Å². The highest BCUT2D eigenvalue weighted by atomic mass is 16.5. The van der Waals surface area contributed by atoms with Crippen molar-refractivity contribution in [2.24, 2.45) is 5.11 Å². The number of benzene rings is 1. The summed E-state index contributed by atoms with van der Waals surface area (Å²) in [6, 6.07) is 3.30. The predicted molar refractivity (Wildman–Crippen MR) is 71.2 cm³/mol. The van der Waals surface area contributed by atoms with Gasteiger partial charge in [0.2, 0.25) is 0 Å². The first kappa shape index (κ1) is 14.9. The quantitative estimate of drug-likeness (QED) is 0.483. The number of aryl methyl sites for hydroxylation is 2. The fraction of sp³-hybridized carbons (Fsp3) is 0.462. The van der Waals surface area contributed by atoms with Crippen LogP contribution in [0.3, 0.4) is 0 Å². The molecule has 0 radical (unpaired) electrons. The van der Waals surface area contributed by atoms with E-state index >= 15 is 0 Å². The van der Waals surface area contributed by atoms with Gasteiger partial charge in [-0.05, 0) is 31.4 Å². The molecular formula is C13H17N3O3. The molecule has 0 amide bonds. The standard InChI is InChI=1S/C13H17N3O3/c1-8-6-9(2)13(19-3)10(7-8)11(15-16-14)4-5-12(17)18/h6-7,11H,4-5H2,1-3H3,(H,17,18). The molecule has 0 bridgehead atoms. The van der Waals surface area contributed by atoms with Crippen molar-refractivity contribution in [3.05, 3.63) is 39.3 Å². The van der Waals surface area contributed by atoms with E-state index in [1.54, 1.807) is 7.11 Å². The number of rotatable bonds is 6. The van der Waals surface area contributed by atoms with Crippen LogP contribution < -0.4 is 4.74 Å². The van der Waals surface area contributed by atoms with Crippen LogP contribution in [-0.4, -0.2) is 18.2 Å². The molecule has 0 saturated carbocycles. The molecule has 1 aromatic rings. The van der Waals surface area contributed by atoms with Gasteiger partial charge in [-0.15, -0.1) is 0 Å². The largest absolute Gasteiger partial charge is 0.496 e. The van der Waals surface area contributed by atoms with Crippen LogP contribution in [0.4, 0.5) is 0 Å². The molecule has 0 aliphatic rings. The fourth-order valence-electron chi connectivity index (χ4n) is 2.11. The number of methoxy groups -OCH3 is 1. The van der Waals surface area contributed by atoms with E-state index in [0.29, 0.717) is 5.75 Å². The molecule has 1 aromatic carbocycles. The van der Waals surface area contributed by atoms with Crippen LogP contribution in [0.5, 0.6) is 5.75 Å². The van der Waals surface area contributed by atoms with Gasteiger partial charge in [-0.1, -0.05) is 22.8 Å². The highest BCUT2D eigenvalue weighted by Crippen LogP contribution is 2.34. The van der Waals surface area contributed by atoms with Gasteiger partial charge in [-0.25, -0.2) is 0 Å². The predicted octanol–water partition coefficient (Wildman–Crippen LogP) is 3.53. The molecule has 6 heteroatoms. The van der Waals surface area contributed by atoms with Crippen molar-refractivity contribution < 1.29 is 14.6 Å². The molecule has 0 saturated heterocycles. The first-order valence-electron chi connectivity index (χ1n) is 5.90. The number of hydrogen-bond donors (Lipinski definition) is 1. The third kappa shape index (κ3) is 3.89. The Labute approximate surface area is 111 Å². The van der Waals surface area contributed by atoms with E-state index in [0.717, 1.165) is 16.7 Å². The zero-order valence-corrected chi connectivity index (χ0v) is 11.3. The van der Waals surface area contributed by atoms with Gasteiger partial charge in [-0.3, -0.25) is 4.79 Å². The van der Waals surface area contributed by atoms with Gasteiger partial charge in [-0.2, -0.15) is 0 Å². The molecule has 0 aliphatic carbocycles. The fourth-order valence-corrected chi connectivity index (χ4v) is 2.11. The first-order chi connectivity index (χ1) is 8.99. The smallest absolute Gasteiger partial charge is 0.303 e. The van der Waals surface area contributed by atoms with Crippen LogP contribution in [0.25, 0.3) is 10.4 Å². The third-order valence-electron chi connectivity index (χ3n) is 2.83. The number of carbonyl (C=O) groups is 1. The molecule has 0 aromatic heterocycles. The lowest BCUT2D eigenvalue weighted by atomic mass is 9.97. The van der Waals surface area contributed by atoms with Crippen molar-refractivity contribution >= 4 is 5.97 Å². The molecule has 0 fully saturated rings. The Hall–Kier alpha value is -2.20. The Balaban J connectivity index is 3.20. The Bertz CT molecular complexity index is 522. The van der Waals surface area contributed by atoms with Gasteiger partial charge in [0.1, 0.15) is 5.75 Å². The Morgan fingerprint density at radius 2 is 2.21 bits per heavy atom. The van der Waals surface area contributed by atoms with E-state index in [2.05, 4.69) is 10.0 Å². The molecule has 6 nitrogen and oxygen atoms in total. The summed E-state index contributed by atoms with van der Waals surface area (Å²) in [5.41, 5.74) is 11.3. The second-order valence-corrected chi connectivity index (χ2v) is 4.36. The topological polar surface area (TPSA) is 95.3 Å². The Morgan fingerprint density at radius 3 is 2.74 bits per heavy atom. The first-order valence-corrected chi connectivity index (χ1v) is 5.90. The number of ether oxygens (including phenoxy) is 1. The number of carboxylic acid groups (broad SMARTS) is 1. The monoisotopic (exact) mass is 263 g/mol. The second kappa shape index (κ2) is 6.66. The zero-order valence-electron chi connectivity index (χ0n) is 11.3. The minimum absolute atomic E-state index is 0.0557. The maximum absolute atomic E-state index is 10.7. The summed E-state index contributed by atoms with van der Waals surface area (Å²) in [4.78, 5) is 13.5. The van der Waals surface area contributed by atoms with E-state index in [4.69, 9.17) is 15.4 Å². The third-order valence-corrected chi connectivity index (χ3v) is 2.83. The van der Waals surface area contributed by atoms with Crippen LogP contribution in [0.1, 0.15) is 35.6 Å². The van der Waals surface area contributed by atoms with Crippen molar-refractivity contribution in [1.29, 1.82) is 0 Å². The highest BCUT2D eigenvalue weighted by Gasteiger charge is 2.18. The summed E-state index contributed by atoms with van der Waals surface area (Å²) in [5.74, 6) is -0.269. The van der Waals surface area contributed by atoms with E-state index in [1.807, 2.05) is 26.0 Å². The van der Waals surface area contributed by atoms with Crippen molar-refractivity contribution in [3.63, 3.8) is 0 Å². The number of hydrogen-bond acceptors (Lipinski definition) is 3. The van der Waals surface area contributed by atoms with E-state index in [-0.39, 0.29) is 12.8 Å². The van der Waals surface area contributed by atoms with E-state index in [1.165, 1.54) is 0 Å². The number of carboxylic acids is 1. The maximum atomic E-state index is 10.7. The maximum Gasteiger partial charge on any atom is 0.303 e. The Kier molecular flexibility index (Phi) is 5.21. The van der Waals surface area contributed by atoms with Gasteiger partial charge in [0.15, 0.2) is 0 Å². The molecule has 1 N–H and O–H groups in total. The van der Waals surface area contributed by atoms with Crippen LogP contribution in [-0.2, 0) is 4.79 Å². The highest BCUT2D eigenvalue weighted by molar-refractivity contribution is 5.66. The van der Waals surface area contributed by atoms with Gasteiger partial charge >= 0.3 is 5.97 Å². The van der Waals surface area contributed by atoms with Gasteiger partial charge in [0.25, 0.3) is 0 Å². The second-order valence-electron chi connectivity index (χ2n) is 4.36. The van der Waals surface area contributed by atoms with Crippen LogP contribution in [0.2, 0.25) is 0 Å². The van der Waals surface area contributed by atoms with Crippen molar-refractivity contribution in [2.75, 3.05) is 7.11 Å². The molecule has 1 atom stereocenters. The molecule has 102 valence electrons. The minimum Gasteiger partial charge on any atom is -0.496 e. The van der Waals surface area contributed by atoms with Crippen molar-refractivity contribution in [2.45, 2.75) is 32.7 Å². The van der Waals surface area contributed by atoms with Crippen LogP contribution in [0, 0.1) is 13.8 Å². The SMILES string of the molecule is COc1c(C)cc(C)cc1C(CCC(=O)O)N=[N+]=[N-]. The van der Waals surface area contributed by atoms with Crippen LogP contribution >= 0.6 is 0 Å². The summed E-state index contributed by atoms with van der Waals surface area (Å²) < 4.78 is 5.33. The summed E-state index contributed by atoms with van der Waals surface area (Å²) in [6.45, 7) is 3.83. The van der Waals surface area contributed by atoms with E-state index < -0.39 is 12.0 Å². The molecule has 1 rings (SSSR count). The summed E-state index contributed by atoms with van der Waals surface area (Å²) in [6.07, 6.45) is 0.193. The lowest BCUT2D eigenvalue weighted by Gasteiger charge is -2.17. The number of azide groups is 1. The van der Waals surface area contributed by atoms with Crippen molar-refractivity contribution in [3.8, 4) is 5.75 Å². The lowest BCUT2D eigenvalue weighted by Crippen LogP contribution is -2.04. The summed E-state index contributed by atoms with van der Waals surface area (Å²) in [5, 5.41) is 12.4. The van der Waals surface area contributed by atoms with Gasteiger partial charge < -0.3 is 9.84 Å². The Morgan fingerprint density at radius 1 is 1.53 bits per heavy atom. The zero-order chi connectivity index (χ0) is 14.4. The number of aliphatic carboxylic acids is 1. The lowest BCUT2D eigenvalue weighted by molar-refractivity contribution is -0.137. The molecule has 1 unspecified atom stereocenters. The number of nitrogens with zero attached hydrogens (tertiary/aromatic N) is 3. The van der Waals surface area contributed by atoms with Gasteiger partial charge in [0.05, 0.1) is 13.2 Å². The molecular weight excluding hydrogens is 246 g/mol. The average molecular weight is 263 g/mol. The van der Waals surface area contributed by atoms with Crippen LogP contribution in [0.15, 0.2) is 17.2 Å². The van der Waals surface area contributed by atoms with Gasteiger partial charge in [0, 0.05) is 16.9 Å². The van der Waals surface area contributed by atoms with Crippen molar-refractivity contribution in [1.82, 2.24) is 0 Å². The summed E-state index contributed by atoms with van der Waals surface area (Å²) in [7, 11) is 1.55. The normalized spacial score (nSPS) is 11.5.